The first-order valence-electron chi connectivity index (χ1n) is 6.29. The summed E-state index contributed by atoms with van der Waals surface area (Å²) in [6.07, 6.45) is -3.95. The summed E-state index contributed by atoms with van der Waals surface area (Å²) >= 11 is 0. The summed E-state index contributed by atoms with van der Waals surface area (Å²) in [4.78, 5) is 11.8. The highest BCUT2D eigenvalue weighted by molar-refractivity contribution is 5.94. The van der Waals surface area contributed by atoms with Crippen molar-refractivity contribution < 1.29 is 22.4 Å². The lowest BCUT2D eigenvalue weighted by molar-refractivity contribution is -0.137. The molecule has 0 aliphatic rings. The standard InChI is InChI=1S/C14H17F4NO/c1-8(2)6-9(3)19-13(20)11-7-10(14(16,17)18)4-5-12(11)15/h4-5,7-9H,6H2,1-3H3,(H,19,20). The zero-order chi connectivity index (χ0) is 15.5. The lowest BCUT2D eigenvalue weighted by atomic mass is 10.0. The molecular formula is C14H17F4NO. The molecule has 1 amide bonds. The van der Waals surface area contributed by atoms with E-state index < -0.39 is 29.0 Å². The van der Waals surface area contributed by atoms with Crippen LogP contribution >= 0.6 is 0 Å². The van der Waals surface area contributed by atoms with Gasteiger partial charge in [0.15, 0.2) is 0 Å². The van der Waals surface area contributed by atoms with Crippen molar-refractivity contribution in [1.82, 2.24) is 5.32 Å². The average molecular weight is 291 g/mol. The third kappa shape index (κ3) is 4.51. The van der Waals surface area contributed by atoms with E-state index in [1.807, 2.05) is 13.8 Å². The van der Waals surface area contributed by atoms with Crippen molar-refractivity contribution in [2.45, 2.75) is 39.4 Å². The Morgan fingerprint density at radius 3 is 2.35 bits per heavy atom. The van der Waals surface area contributed by atoms with Crippen LogP contribution in [0.4, 0.5) is 17.6 Å². The number of carbonyl (C=O) groups is 1. The fourth-order valence-corrected chi connectivity index (χ4v) is 1.94. The van der Waals surface area contributed by atoms with Crippen LogP contribution in [0.15, 0.2) is 18.2 Å². The number of rotatable bonds is 4. The molecule has 0 saturated heterocycles. The van der Waals surface area contributed by atoms with Crippen molar-refractivity contribution in [2.75, 3.05) is 0 Å². The molecule has 0 spiro atoms. The number of amides is 1. The number of halogens is 4. The van der Waals surface area contributed by atoms with E-state index in [0.717, 1.165) is 0 Å². The monoisotopic (exact) mass is 291 g/mol. The van der Waals surface area contributed by atoms with Crippen molar-refractivity contribution in [2.24, 2.45) is 5.92 Å². The normalized spacial score (nSPS) is 13.4. The topological polar surface area (TPSA) is 29.1 Å². The molecule has 1 N–H and O–H groups in total. The molecule has 1 aromatic carbocycles. The summed E-state index contributed by atoms with van der Waals surface area (Å²) in [6, 6.07) is 1.57. The van der Waals surface area contributed by atoms with Gasteiger partial charge < -0.3 is 5.32 Å². The highest BCUT2D eigenvalue weighted by Gasteiger charge is 2.32. The van der Waals surface area contributed by atoms with E-state index in [0.29, 0.717) is 30.5 Å². The lowest BCUT2D eigenvalue weighted by Gasteiger charge is -2.16. The molecule has 6 heteroatoms. The minimum atomic E-state index is -4.60. The van der Waals surface area contributed by atoms with Crippen LogP contribution in [0.1, 0.15) is 43.1 Å². The third-order valence-electron chi connectivity index (χ3n) is 2.74. The Kier molecular flexibility index (Phi) is 5.14. The van der Waals surface area contributed by atoms with Gasteiger partial charge in [-0.2, -0.15) is 13.2 Å². The molecule has 0 saturated carbocycles. The van der Waals surface area contributed by atoms with E-state index in [1.54, 1.807) is 6.92 Å². The molecule has 0 radical (unpaired) electrons. The van der Waals surface area contributed by atoms with Gasteiger partial charge in [0.2, 0.25) is 0 Å². The average Bonchev–Trinajstić information content (AvgIpc) is 2.26. The highest BCUT2D eigenvalue weighted by atomic mass is 19.4. The third-order valence-corrected chi connectivity index (χ3v) is 2.74. The molecule has 1 unspecified atom stereocenters. The van der Waals surface area contributed by atoms with E-state index in [4.69, 9.17) is 0 Å². The van der Waals surface area contributed by atoms with Crippen LogP contribution in [0, 0.1) is 11.7 Å². The molecule has 20 heavy (non-hydrogen) atoms. The van der Waals surface area contributed by atoms with Crippen molar-refractivity contribution in [3.8, 4) is 0 Å². The van der Waals surface area contributed by atoms with Crippen LogP contribution in [0.2, 0.25) is 0 Å². The van der Waals surface area contributed by atoms with E-state index in [2.05, 4.69) is 5.32 Å². The van der Waals surface area contributed by atoms with Crippen molar-refractivity contribution in [1.29, 1.82) is 0 Å². The summed E-state index contributed by atoms with van der Waals surface area (Å²) in [5.74, 6) is -1.48. The molecule has 1 atom stereocenters. The SMILES string of the molecule is CC(C)CC(C)NC(=O)c1cc(C(F)(F)F)ccc1F. The second-order valence-electron chi connectivity index (χ2n) is 5.20. The van der Waals surface area contributed by atoms with Crippen LogP contribution in [-0.2, 0) is 6.18 Å². The molecule has 0 bridgehead atoms. The second kappa shape index (κ2) is 6.24. The van der Waals surface area contributed by atoms with Gasteiger partial charge >= 0.3 is 6.18 Å². The van der Waals surface area contributed by atoms with Crippen LogP contribution < -0.4 is 5.32 Å². The van der Waals surface area contributed by atoms with Crippen LogP contribution in [0.3, 0.4) is 0 Å². The molecule has 0 aromatic heterocycles. The Morgan fingerprint density at radius 2 is 1.85 bits per heavy atom. The first-order chi connectivity index (χ1) is 9.11. The largest absolute Gasteiger partial charge is 0.416 e. The van der Waals surface area contributed by atoms with E-state index in [9.17, 15) is 22.4 Å². The zero-order valence-electron chi connectivity index (χ0n) is 11.5. The van der Waals surface area contributed by atoms with Gasteiger partial charge in [0.1, 0.15) is 5.82 Å². The quantitative estimate of drug-likeness (QED) is 0.834. The predicted molar refractivity (Wildman–Crippen MR) is 67.8 cm³/mol. The molecule has 0 aliphatic heterocycles. The zero-order valence-corrected chi connectivity index (χ0v) is 11.5. The molecule has 1 aromatic rings. The Bertz CT molecular complexity index is 483. The first-order valence-corrected chi connectivity index (χ1v) is 6.29. The Morgan fingerprint density at radius 1 is 1.25 bits per heavy atom. The molecule has 112 valence electrons. The molecule has 2 nitrogen and oxygen atoms in total. The number of nitrogens with one attached hydrogen (secondary N) is 1. The first kappa shape index (κ1) is 16.5. The van der Waals surface area contributed by atoms with Gasteiger partial charge in [-0.25, -0.2) is 4.39 Å². The van der Waals surface area contributed by atoms with Crippen molar-refractivity contribution in [3.63, 3.8) is 0 Å². The number of hydrogen-bond donors (Lipinski definition) is 1. The van der Waals surface area contributed by atoms with E-state index in [-0.39, 0.29) is 6.04 Å². The molecule has 0 heterocycles. The van der Waals surface area contributed by atoms with Gasteiger partial charge in [0, 0.05) is 6.04 Å². The van der Waals surface area contributed by atoms with Crippen LogP contribution in [0.25, 0.3) is 0 Å². The summed E-state index contributed by atoms with van der Waals surface area (Å²) in [7, 11) is 0. The number of benzene rings is 1. The van der Waals surface area contributed by atoms with E-state index in [1.165, 1.54) is 0 Å². The summed E-state index contributed by atoms with van der Waals surface area (Å²) < 4.78 is 51.1. The molecule has 1 rings (SSSR count). The maximum atomic E-state index is 13.5. The fraction of sp³-hybridized carbons (Fsp3) is 0.500. The van der Waals surface area contributed by atoms with Crippen molar-refractivity contribution in [3.05, 3.63) is 35.1 Å². The summed E-state index contributed by atoms with van der Waals surface area (Å²) in [5.41, 5.74) is -1.63. The van der Waals surface area contributed by atoms with Gasteiger partial charge in [0.05, 0.1) is 11.1 Å². The number of alkyl halides is 3. The van der Waals surface area contributed by atoms with Crippen LogP contribution in [-0.4, -0.2) is 11.9 Å². The maximum Gasteiger partial charge on any atom is 0.416 e. The Hall–Kier alpha value is -1.59. The number of carbonyl (C=O) groups excluding carboxylic acids is 1. The minimum absolute atomic E-state index is 0.239. The fourth-order valence-electron chi connectivity index (χ4n) is 1.94. The van der Waals surface area contributed by atoms with Gasteiger partial charge in [0.25, 0.3) is 5.91 Å². The van der Waals surface area contributed by atoms with E-state index >= 15 is 0 Å². The maximum absolute atomic E-state index is 13.5. The Labute approximate surface area is 115 Å². The predicted octanol–water partition coefficient (Wildman–Crippen LogP) is 4.01. The molecular weight excluding hydrogens is 274 g/mol. The second-order valence-corrected chi connectivity index (χ2v) is 5.20. The van der Waals surface area contributed by atoms with Crippen molar-refractivity contribution >= 4 is 5.91 Å². The molecule has 0 fully saturated rings. The van der Waals surface area contributed by atoms with Gasteiger partial charge in [-0.15, -0.1) is 0 Å². The summed E-state index contributed by atoms with van der Waals surface area (Å²) in [5, 5.41) is 2.50. The number of hydrogen-bond acceptors (Lipinski definition) is 1. The summed E-state index contributed by atoms with van der Waals surface area (Å²) in [6.45, 7) is 5.63. The van der Waals surface area contributed by atoms with Gasteiger partial charge in [-0.3, -0.25) is 4.79 Å². The minimum Gasteiger partial charge on any atom is -0.349 e. The van der Waals surface area contributed by atoms with Gasteiger partial charge in [-0.05, 0) is 37.5 Å². The smallest absolute Gasteiger partial charge is 0.349 e. The highest BCUT2D eigenvalue weighted by Crippen LogP contribution is 2.30. The van der Waals surface area contributed by atoms with Gasteiger partial charge in [-0.1, -0.05) is 13.8 Å². The van der Waals surface area contributed by atoms with Crippen LogP contribution in [0.5, 0.6) is 0 Å². The lowest BCUT2D eigenvalue weighted by Crippen LogP contribution is -2.34. The Balaban J connectivity index is 2.92. The molecule has 0 aliphatic carbocycles.